The molecule has 5 nitrogen and oxygen atoms in total. The van der Waals surface area contributed by atoms with E-state index in [1.165, 1.54) is 0 Å². The Morgan fingerprint density at radius 3 is 1.92 bits per heavy atom. The van der Waals surface area contributed by atoms with Gasteiger partial charge in [0.15, 0.2) is 0 Å². The van der Waals surface area contributed by atoms with E-state index in [0.717, 1.165) is 19.3 Å². The third-order valence-electron chi connectivity index (χ3n) is 5.23. The standard InChI is InChI=1S/C21H20N2O3/c24-18-16-11-5-6-12-17(16)19(25)21(18,23-13-7-2-8-14-23)22-20(26)15-9-3-1-4-10-15/h1,3-6,9-12H,2,7-8,13-14H2,(H,22,26). The van der Waals surface area contributed by atoms with Crippen LogP contribution in [0, 0.1) is 0 Å². The number of piperidine rings is 1. The molecule has 1 heterocycles. The van der Waals surface area contributed by atoms with Gasteiger partial charge in [0.1, 0.15) is 0 Å². The molecule has 2 aromatic carbocycles. The van der Waals surface area contributed by atoms with Gasteiger partial charge in [0, 0.05) is 29.8 Å². The summed E-state index contributed by atoms with van der Waals surface area (Å²) >= 11 is 0. The highest BCUT2D eigenvalue weighted by Gasteiger charge is 2.57. The number of hydrogen-bond acceptors (Lipinski definition) is 4. The van der Waals surface area contributed by atoms with Crippen molar-refractivity contribution in [3.05, 3.63) is 71.3 Å². The second-order valence-corrected chi connectivity index (χ2v) is 6.78. The zero-order chi connectivity index (χ0) is 18.1. The molecule has 0 aromatic heterocycles. The van der Waals surface area contributed by atoms with Crippen molar-refractivity contribution >= 4 is 17.5 Å². The van der Waals surface area contributed by atoms with E-state index in [0.29, 0.717) is 29.8 Å². The summed E-state index contributed by atoms with van der Waals surface area (Å²) in [5.74, 6) is -1.07. The Kier molecular flexibility index (Phi) is 4.17. The molecule has 0 atom stereocenters. The van der Waals surface area contributed by atoms with Crippen LogP contribution in [0.3, 0.4) is 0 Å². The number of amides is 1. The van der Waals surface area contributed by atoms with Gasteiger partial charge in [-0.3, -0.25) is 19.3 Å². The van der Waals surface area contributed by atoms with Crippen molar-refractivity contribution < 1.29 is 14.4 Å². The molecule has 0 radical (unpaired) electrons. The first kappa shape index (κ1) is 16.7. The smallest absolute Gasteiger partial charge is 0.253 e. The van der Waals surface area contributed by atoms with Crippen LogP contribution in [0.2, 0.25) is 0 Å². The average molecular weight is 348 g/mol. The molecule has 0 bridgehead atoms. The largest absolute Gasteiger partial charge is 0.320 e. The molecule has 5 heteroatoms. The predicted octanol–water partition coefficient (Wildman–Crippen LogP) is 2.68. The number of hydrogen-bond donors (Lipinski definition) is 1. The number of fused-ring (bicyclic) bond motifs is 1. The van der Waals surface area contributed by atoms with Crippen LogP contribution >= 0.6 is 0 Å². The molecule has 1 aliphatic heterocycles. The van der Waals surface area contributed by atoms with Crippen LogP contribution in [0.25, 0.3) is 0 Å². The van der Waals surface area contributed by atoms with E-state index >= 15 is 0 Å². The van der Waals surface area contributed by atoms with Gasteiger partial charge in [0.2, 0.25) is 17.2 Å². The van der Waals surface area contributed by atoms with Crippen LogP contribution in [0.5, 0.6) is 0 Å². The highest BCUT2D eigenvalue weighted by molar-refractivity contribution is 6.33. The molecule has 1 amide bonds. The Bertz CT molecular complexity index is 835. The van der Waals surface area contributed by atoms with E-state index in [2.05, 4.69) is 5.32 Å². The normalized spacial score (nSPS) is 19.2. The number of rotatable bonds is 3. The first-order valence-electron chi connectivity index (χ1n) is 8.96. The minimum atomic E-state index is -1.63. The summed E-state index contributed by atoms with van der Waals surface area (Å²) < 4.78 is 0. The van der Waals surface area contributed by atoms with Gasteiger partial charge >= 0.3 is 0 Å². The molecule has 1 N–H and O–H groups in total. The number of likely N-dealkylation sites (tertiary alicyclic amines) is 1. The SMILES string of the molecule is O=C(NC1(N2CCCCC2)C(=O)c2ccccc2C1=O)c1ccccc1. The summed E-state index contributed by atoms with van der Waals surface area (Å²) in [6.45, 7) is 1.22. The maximum atomic E-state index is 13.3. The van der Waals surface area contributed by atoms with Gasteiger partial charge in [0.05, 0.1) is 0 Å². The molecular weight excluding hydrogens is 328 g/mol. The molecule has 0 spiro atoms. The van der Waals surface area contributed by atoms with E-state index in [1.807, 2.05) is 11.0 Å². The monoisotopic (exact) mass is 348 g/mol. The maximum Gasteiger partial charge on any atom is 0.253 e. The summed E-state index contributed by atoms with van der Waals surface area (Å²) in [5, 5.41) is 2.81. The first-order valence-corrected chi connectivity index (χ1v) is 8.96. The van der Waals surface area contributed by atoms with Crippen molar-refractivity contribution in [2.75, 3.05) is 13.1 Å². The molecule has 1 saturated heterocycles. The maximum absolute atomic E-state index is 13.3. The summed E-state index contributed by atoms with van der Waals surface area (Å²) in [4.78, 5) is 41.3. The first-order chi connectivity index (χ1) is 12.6. The van der Waals surface area contributed by atoms with Crippen molar-refractivity contribution in [2.24, 2.45) is 0 Å². The zero-order valence-electron chi connectivity index (χ0n) is 14.4. The number of nitrogens with one attached hydrogen (secondary N) is 1. The third-order valence-corrected chi connectivity index (χ3v) is 5.23. The van der Waals surface area contributed by atoms with E-state index in [-0.39, 0.29) is 11.6 Å². The van der Waals surface area contributed by atoms with Crippen molar-refractivity contribution in [3.8, 4) is 0 Å². The van der Waals surface area contributed by atoms with Crippen LogP contribution in [-0.2, 0) is 0 Å². The summed E-state index contributed by atoms with van der Waals surface area (Å²) in [6.07, 6.45) is 2.87. The van der Waals surface area contributed by atoms with Gasteiger partial charge in [-0.2, -0.15) is 0 Å². The fourth-order valence-corrected chi connectivity index (χ4v) is 3.91. The molecular formula is C21H20N2O3. The number of carbonyl (C=O) groups excluding carboxylic acids is 3. The van der Waals surface area contributed by atoms with E-state index in [1.54, 1.807) is 48.5 Å². The number of Topliss-reactive ketones (excluding diaryl/α,β-unsaturated/α-hetero) is 2. The average Bonchev–Trinajstić information content (AvgIpc) is 2.92. The minimum absolute atomic E-state index is 0.329. The molecule has 132 valence electrons. The van der Waals surface area contributed by atoms with Gasteiger partial charge in [-0.15, -0.1) is 0 Å². The lowest BCUT2D eigenvalue weighted by molar-refractivity contribution is 0.0304. The fraction of sp³-hybridized carbons (Fsp3) is 0.286. The van der Waals surface area contributed by atoms with Gasteiger partial charge in [-0.1, -0.05) is 48.9 Å². The quantitative estimate of drug-likeness (QED) is 0.866. The summed E-state index contributed by atoms with van der Waals surface area (Å²) in [5.41, 5.74) is -0.426. The molecule has 1 fully saturated rings. The van der Waals surface area contributed by atoms with Crippen LogP contribution in [-0.4, -0.2) is 41.1 Å². The number of benzene rings is 2. The highest BCUT2D eigenvalue weighted by Crippen LogP contribution is 2.34. The second kappa shape index (κ2) is 6.50. The Morgan fingerprint density at radius 1 is 0.808 bits per heavy atom. The van der Waals surface area contributed by atoms with Crippen molar-refractivity contribution in [1.82, 2.24) is 10.2 Å². The lowest BCUT2D eigenvalue weighted by atomic mass is 9.97. The highest BCUT2D eigenvalue weighted by atomic mass is 16.2. The van der Waals surface area contributed by atoms with Crippen molar-refractivity contribution in [1.29, 1.82) is 0 Å². The molecule has 4 rings (SSSR count). The number of nitrogens with zero attached hydrogens (tertiary/aromatic N) is 1. The molecule has 0 unspecified atom stereocenters. The van der Waals surface area contributed by atoms with Crippen molar-refractivity contribution in [2.45, 2.75) is 24.9 Å². The molecule has 26 heavy (non-hydrogen) atoms. The topological polar surface area (TPSA) is 66.5 Å². The lowest BCUT2D eigenvalue weighted by Crippen LogP contribution is -2.68. The fourth-order valence-electron chi connectivity index (χ4n) is 3.91. The lowest BCUT2D eigenvalue weighted by Gasteiger charge is -2.41. The summed E-state index contributed by atoms with van der Waals surface area (Å²) in [7, 11) is 0. The van der Waals surface area contributed by atoms with Gasteiger partial charge in [-0.25, -0.2) is 0 Å². The Hall–Kier alpha value is -2.79. The van der Waals surface area contributed by atoms with Gasteiger partial charge in [-0.05, 0) is 25.0 Å². The predicted molar refractivity (Wildman–Crippen MR) is 97.2 cm³/mol. The molecule has 0 saturated carbocycles. The molecule has 1 aliphatic carbocycles. The van der Waals surface area contributed by atoms with Gasteiger partial charge < -0.3 is 5.32 Å². The summed E-state index contributed by atoms with van der Waals surface area (Å²) in [6, 6.07) is 15.5. The van der Waals surface area contributed by atoms with Crippen molar-refractivity contribution in [3.63, 3.8) is 0 Å². The van der Waals surface area contributed by atoms with E-state index < -0.39 is 11.6 Å². The minimum Gasteiger partial charge on any atom is -0.320 e. The van der Waals surface area contributed by atoms with E-state index in [9.17, 15) is 14.4 Å². The Labute approximate surface area is 152 Å². The van der Waals surface area contributed by atoms with Crippen LogP contribution < -0.4 is 5.32 Å². The van der Waals surface area contributed by atoms with Crippen LogP contribution in [0.15, 0.2) is 54.6 Å². The van der Waals surface area contributed by atoms with Crippen LogP contribution in [0.4, 0.5) is 0 Å². The number of ketones is 2. The second-order valence-electron chi connectivity index (χ2n) is 6.78. The Morgan fingerprint density at radius 2 is 1.35 bits per heavy atom. The Balaban J connectivity index is 1.78. The van der Waals surface area contributed by atoms with Gasteiger partial charge in [0.25, 0.3) is 5.91 Å². The number of carbonyl (C=O) groups is 3. The zero-order valence-corrected chi connectivity index (χ0v) is 14.4. The third kappa shape index (κ3) is 2.47. The van der Waals surface area contributed by atoms with E-state index in [4.69, 9.17) is 0 Å². The molecule has 2 aliphatic rings. The molecule has 2 aromatic rings. The van der Waals surface area contributed by atoms with Crippen LogP contribution in [0.1, 0.15) is 50.3 Å².